The van der Waals surface area contributed by atoms with Crippen molar-refractivity contribution >= 4 is 17.3 Å². The van der Waals surface area contributed by atoms with Crippen LogP contribution in [0.3, 0.4) is 0 Å². The molecule has 0 aliphatic rings. The van der Waals surface area contributed by atoms with E-state index in [4.69, 9.17) is 22.6 Å². The topological polar surface area (TPSA) is 53.0 Å². The molecule has 0 spiro atoms. The van der Waals surface area contributed by atoms with E-state index in [0.717, 1.165) is 18.8 Å². The second-order valence-electron chi connectivity index (χ2n) is 5.16. The molecule has 0 fully saturated rings. The minimum absolute atomic E-state index is 0.00501. The molecule has 1 aromatic carbocycles. The molecule has 0 heterocycles. The first-order chi connectivity index (χ1) is 8.43. The second kappa shape index (κ2) is 6.08. The van der Waals surface area contributed by atoms with Crippen molar-refractivity contribution in [3.63, 3.8) is 0 Å². The normalized spacial score (nSPS) is 11.1. The smallest absolute Gasteiger partial charge is 0.101 e. The quantitative estimate of drug-likeness (QED) is 0.890. The second-order valence-corrected chi connectivity index (χ2v) is 5.59. The fourth-order valence-electron chi connectivity index (χ4n) is 1.81. The molecule has 3 nitrogen and oxygen atoms in total. The number of hydrogen-bond donors (Lipinski definition) is 1. The molecule has 1 rings (SSSR count). The van der Waals surface area contributed by atoms with E-state index >= 15 is 0 Å². The third kappa shape index (κ3) is 3.63. The lowest BCUT2D eigenvalue weighted by molar-refractivity contribution is 0.379. The van der Waals surface area contributed by atoms with Gasteiger partial charge in [-0.2, -0.15) is 5.26 Å². The van der Waals surface area contributed by atoms with Gasteiger partial charge in [0.15, 0.2) is 0 Å². The van der Waals surface area contributed by atoms with Gasteiger partial charge in [0.25, 0.3) is 0 Å². The summed E-state index contributed by atoms with van der Waals surface area (Å²) in [6.45, 7) is 8.52. The number of nitrogens with zero attached hydrogens (tertiary/aromatic N) is 2. The Bertz CT molecular complexity index is 449. The SMILES string of the molecule is CCN(CC(C)(C)CN)c1cc(Cl)ccc1C#N. The Hall–Kier alpha value is -1.24. The van der Waals surface area contributed by atoms with Crippen LogP contribution >= 0.6 is 11.6 Å². The van der Waals surface area contributed by atoms with Crippen LogP contribution in [0.25, 0.3) is 0 Å². The molecule has 0 unspecified atom stereocenters. The van der Waals surface area contributed by atoms with Crippen molar-refractivity contribution < 1.29 is 0 Å². The van der Waals surface area contributed by atoms with E-state index in [1.54, 1.807) is 12.1 Å². The summed E-state index contributed by atoms with van der Waals surface area (Å²) in [5.74, 6) is 0. The van der Waals surface area contributed by atoms with Gasteiger partial charge in [-0.1, -0.05) is 25.4 Å². The first-order valence-corrected chi connectivity index (χ1v) is 6.46. The number of nitrogens with two attached hydrogens (primary N) is 1. The molecule has 0 bridgehead atoms. The lowest BCUT2D eigenvalue weighted by Gasteiger charge is -2.33. The average molecular weight is 266 g/mol. The van der Waals surface area contributed by atoms with Gasteiger partial charge < -0.3 is 10.6 Å². The maximum atomic E-state index is 9.16. The van der Waals surface area contributed by atoms with Gasteiger partial charge in [-0.15, -0.1) is 0 Å². The zero-order valence-electron chi connectivity index (χ0n) is 11.2. The van der Waals surface area contributed by atoms with Crippen LogP contribution in [-0.2, 0) is 0 Å². The van der Waals surface area contributed by atoms with E-state index in [1.165, 1.54) is 0 Å². The van der Waals surface area contributed by atoms with Crippen molar-refractivity contribution in [2.24, 2.45) is 11.1 Å². The number of benzene rings is 1. The van der Waals surface area contributed by atoms with Crippen LogP contribution in [0.4, 0.5) is 5.69 Å². The first kappa shape index (κ1) is 14.8. The molecular formula is C14H20ClN3. The molecule has 18 heavy (non-hydrogen) atoms. The van der Waals surface area contributed by atoms with Crippen molar-refractivity contribution in [2.75, 3.05) is 24.5 Å². The Kier molecular flexibility index (Phi) is 5.01. The minimum Gasteiger partial charge on any atom is -0.370 e. The van der Waals surface area contributed by atoms with E-state index < -0.39 is 0 Å². The van der Waals surface area contributed by atoms with Gasteiger partial charge in [0.2, 0.25) is 0 Å². The van der Waals surface area contributed by atoms with Gasteiger partial charge in [-0.05, 0) is 37.1 Å². The van der Waals surface area contributed by atoms with E-state index in [9.17, 15) is 0 Å². The highest BCUT2D eigenvalue weighted by Gasteiger charge is 2.21. The van der Waals surface area contributed by atoms with Gasteiger partial charge in [0, 0.05) is 18.1 Å². The molecule has 0 atom stereocenters. The molecule has 0 aliphatic carbocycles. The molecule has 0 amide bonds. The highest BCUT2D eigenvalue weighted by molar-refractivity contribution is 6.30. The Morgan fingerprint density at radius 2 is 2.11 bits per heavy atom. The molecule has 1 aromatic rings. The lowest BCUT2D eigenvalue weighted by Crippen LogP contribution is -2.39. The van der Waals surface area contributed by atoms with Crippen LogP contribution in [-0.4, -0.2) is 19.6 Å². The fraction of sp³-hybridized carbons (Fsp3) is 0.500. The molecule has 98 valence electrons. The fourth-order valence-corrected chi connectivity index (χ4v) is 1.98. The van der Waals surface area contributed by atoms with E-state index in [2.05, 4.69) is 31.7 Å². The molecule has 0 aromatic heterocycles. The van der Waals surface area contributed by atoms with Gasteiger partial charge in [0.05, 0.1) is 11.3 Å². The molecule has 2 N–H and O–H groups in total. The van der Waals surface area contributed by atoms with E-state index in [1.807, 2.05) is 6.07 Å². The monoisotopic (exact) mass is 265 g/mol. The molecule has 0 saturated carbocycles. The zero-order chi connectivity index (χ0) is 13.8. The number of rotatable bonds is 5. The zero-order valence-corrected chi connectivity index (χ0v) is 12.0. The Balaban J connectivity index is 3.09. The molecular weight excluding hydrogens is 246 g/mol. The van der Waals surface area contributed by atoms with Gasteiger partial charge in [-0.25, -0.2) is 0 Å². The van der Waals surface area contributed by atoms with Crippen molar-refractivity contribution in [3.8, 4) is 6.07 Å². The Morgan fingerprint density at radius 3 is 2.61 bits per heavy atom. The molecule has 0 saturated heterocycles. The maximum Gasteiger partial charge on any atom is 0.101 e. The molecule has 0 radical (unpaired) electrons. The van der Waals surface area contributed by atoms with E-state index in [-0.39, 0.29) is 5.41 Å². The van der Waals surface area contributed by atoms with Crippen molar-refractivity contribution in [1.82, 2.24) is 0 Å². The van der Waals surface area contributed by atoms with Crippen LogP contribution in [0.2, 0.25) is 5.02 Å². The van der Waals surface area contributed by atoms with Crippen molar-refractivity contribution in [1.29, 1.82) is 5.26 Å². The van der Waals surface area contributed by atoms with Crippen LogP contribution in [0, 0.1) is 16.7 Å². The van der Waals surface area contributed by atoms with Crippen LogP contribution in [0.5, 0.6) is 0 Å². The largest absolute Gasteiger partial charge is 0.370 e. The highest BCUT2D eigenvalue weighted by Crippen LogP contribution is 2.27. The molecule has 4 heteroatoms. The van der Waals surface area contributed by atoms with Crippen molar-refractivity contribution in [2.45, 2.75) is 20.8 Å². The maximum absolute atomic E-state index is 9.16. The predicted molar refractivity (Wildman–Crippen MR) is 76.9 cm³/mol. The summed E-state index contributed by atoms with van der Waals surface area (Å²) in [4.78, 5) is 2.15. The van der Waals surface area contributed by atoms with Crippen LogP contribution in [0.15, 0.2) is 18.2 Å². The summed E-state index contributed by atoms with van der Waals surface area (Å²) in [5, 5.41) is 9.81. The number of nitriles is 1. The number of hydrogen-bond acceptors (Lipinski definition) is 3. The van der Waals surface area contributed by atoms with Gasteiger partial charge >= 0.3 is 0 Å². The van der Waals surface area contributed by atoms with E-state index in [0.29, 0.717) is 17.1 Å². The number of anilines is 1. The summed E-state index contributed by atoms with van der Waals surface area (Å²) in [5.41, 5.74) is 7.31. The minimum atomic E-state index is 0.00501. The summed E-state index contributed by atoms with van der Waals surface area (Å²) in [6.07, 6.45) is 0. The summed E-state index contributed by atoms with van der Waals surface area (Å²) in [6, 6.07) is 7.55. The molecule has 0 aliphatic heterocycles. The Morgan fingerprint density at radius 1 is 1.44 bits per heavy atom. The van der Waals surface area contributed by atoms with Gasteiger partial charge in [0.1, 0.15) is 6.07 Å². The highest BCUT2D eigenvalue weighted by atomic mass is 35.5. The summed E-state index contributed by atoms with van der Waals surface area (Å²) >= 11 is 6.02. The summed E-state index contributed by atoms with van der Waals surface area (Å²) < 4.78 is 0. The summed E-state index contributed by atoms with van der Waals surface area (Å²) in [7, 11) is 0. The average Bonchev–Trinajstić information content (AvgIpc) is 2.36. The lowest BCUT2D eigenvalue weighted by atomic mass is 9.92. The predicted octanol–water partition coefficient (Wildman–Crippen LogP) is 3.02. The van der Waals surface area contributed by atoms with Crippen LogP contribution < -0.4 is 10.6 Å². The van der Waals surface area contributed by atoms with Crippen molar-refractivity contribution in [3.05, 3.63) is 28.8 Å². The van der Waals surface area contributed by atoms with Gasteiger partial charge in [-0.3, -0.25) is 0 Å². The Labute approximate surface area is 114 Å². The number of halogens is 1. The van der Waals surface area contributed by atoms with Crippen LogP contribution in [0.1, 0.15) is 26.3 Å². The third-order valence-electron chi connectivity index (χ3n) is 2.97. The third-order valence-corrected chi connectivity index (χ3v) is 3.21. The standard InChI is InChI=1S/C14H20ClN3/c1-4-18(10-14(2,3)9-17)13-7-12(15)6-5-11(13)8-16/h5-7H,4,9-10,17H2,1-3H3. The first-order valence-electron chi connectivity index (χ1n) is 6.08.